The Balaban J connectivity index is 2.84. The van der Waals surface area contributed by atoms with Gasteiger partial charge in [0.15, 0.2) is 0 Å². The van der Waals surface area contributed by atoms with E-state index in [1.807, 2.05) is 5.32 Å². The fourth-order valence-electron chi connectivity index (χ4n) is 1.31. The van der Waals surface area contributed by atoms with Crippen LogP contribution in [0.5, 0.6) is 0 Å². The Morgan fingerprint density at radius 3 is 2.52 bits per heavy atom. The van der Waals surface area contributed by atoms with Gasteiger partial charge in [0, 0.05) is 11.2 Å². The molecule has 0 radical (unpaired) electrons. The van der Waals surface area contributed by atoms with Crippen LogP contribution in [0.2, 0.25) is 5.02 Å². The monoisotopic (exact) mass is 310 g/mol. The molecule has 0 aliphatic carbocycles. The van der Waals surface area contributed by atoms with Gasteiger partial charge in [-0.05, 0) is 38.1 Å². The maximum atomic E-state index is 11.8. The van der Waals surface area contributed by atoms with Gasteiger partial charge in [0.05, 0.1) is 17.9 Å². The van der Waals surface area contributed by atoms with Crippen LogP contribution in [0, 0.1) is 0 Å². The third-order valence-electron chi connectivity index (χ3n) is 2.29. The van der Waals surface area contributed by atoms with E-state index in [1.165, 1.54) is 6.92 Å². The van der Waals surface area contributed by atoms with Crippen molar-refractivity contribution in [2.45, 2.75) is 13.8 Å². The second-order valence-electron chi connectivity index (χ2n) is 3.91. The normalized spacial score (nSPS) is 12.0. The minimum Gasteiger partial charge on any atom is -0.512 e. The number of rotatable bonds is 4. The average Bonchev–Trinajstić information content (AvgIpc) is 2.40. The number of aliphatic imine (C=N–C) groups is 1. The number of hydrogen-bond donors (Lipinski definition) is 2. The molecule has 0 spiro atoms. The lowest BCUT2D eigenvalue weighted by molar-refractivity contribution is -0.116. The van der Waals surface area contributed by atoms with Crippen LogP contribution in [0.1, 0.15) is 13.8 Å². The number of aliphatic hydroxyl groups excluding tert-OH is 1. The number of allylic oxidation sites excluding steroid dienone is 1. The first kappa shape index (κ1) is 16.7. The van der Waals surface area contributed by atoms with Crippen molar-refractivity contribution < 1.29 is 19.4 Å². The first-order chi connectivity index (χ1) is 9.93. The molecule has 0 saturated carbocycles. The van der Waals surface area contributed by atoms with Crippen molar-refractivity contribution in [1.29, 1.82) is 0 Å². The van der Waals surface area contributed by atoms with Gasteiger partial charge < -0.3 is 9.84 Å². The van der Waals surface area contributed by atoms with Gasteiger partial charge in [-0.25, -0.2) is 4.79 Å². The molecule has 1 aromatic rings. The zero-order chi connectivity index (χ0) is 15.8. The summed E-state index contributed by atoms with van der Waals surface area (Å²) in [6, 6.07) is 6.57. The van der Waals surface area contributed by atoms with Crippen LogP contribution in [0.15, 0.2) is 40.6 Å². The lowest BCUT2D eigenvalue weighted by Crippen LogP contribution is -2.33. The van der Waals surface area contributed by atoms with Crippen LogP contribution in [0.25, 0.3) is 0 Å². The molecule has 0 aromatic heterocycles. The Bertz CT molecular complexity index is 575. The number of ether oxygens (including phenoxy) is 1. The summed E-state index contributed by atoms with van der Waals surface area (Å²) in [5.74, 6) is -1.07. The van der Waals surface area contributed by atoms with E-state index in [1.54, 1.807) is 31.2 Å². The number of benzene rings is 1. The summed E-state index contributed by atoms with van der Waals surface area (Å²) < 4.78 is 4.58. The second-order valence-corrected chi connectivity index (χ2v) is 4.34. The zero-order valence-corrected chi connectivity index (χ0v) is 12.3. The van der Waals surface area contributed by atoms with Gasteiger partial charge in [-0.15, -0.1) is 0 Å². The second kappa shape index (κ2) is 8.06. The maximum absolute atomic E-state index is 11.8. The highest BCUT2D eigenvalue weighted by Gasteiger charge is 2.14. The highest BCUT2D eigenvalue weighted by Crippen LogP contribution is 2.16. The Labute approximate surface area is 127 Å². The summed E-state index contributed by atoms with van der Waals surface area (Å²) in [6.45, 7) is 3.06. The Hall–Kier alpha value is -2.34. The standard InChI is InChI=1S/C14H15ClN2O4/c1-3-21-14(20)17-13(19)12(9(2)18)8-16-11-6-4-10(15)5-7-11/h4-8,18H,3H2,1-2H3,(H,17,19,20)/b12-9-,16-8?. The summed E-state index contributed by atoms with van der Waals surface area (Å²) >= 11 is 5.75. The fourth-order valence-corrected chi connectivity index (χ4v) is 1.44. The number of alkyl carbamates (subject to hydrolysis) is 1. The molecule has 21 heavy (non-hydrogen) atoms. The van der Waals surface area contributed by atoms with E-state index in [2.05, 4.69) is 9.73 Å². The minimum absolute atomic E-state index is 0.134. The molecular formula is C14H15ClN2O4. The van der Waals surface area contributed by atoms with Crippen molar-refractivity contribution in [3.05, 3.63) is 40.6 Å². The van der Waals surface area contributed by atoms with Crippen LogP contribution in [0.3, 0.4) is 0 Å². The highest BCUT2D eigenvalue weighted by atomic mass is 35.5. The Kier molecular flexibility index (Phi) is 6.42. The van der Waals surface area contributed by atoms with Gasteiger partial charge in [-0.2, -0.15) is 0 Å². The van der Waals surface area contributed by atoms with Crippen LogP contribution in [-0.4, -0.2) is 29.9 Å². The van der Waals surface area contributed by atoms with E-state index in [9.17, 15) is 14.7 Å². The molecule has 7 heteroatoms. The Morgan fingerprint density at radius 2 is 2.00 bits per heavy atom. The average molecular weight is 311 g/mol. The van der Waals surface area contributed by atoms with Crippen LogP contribution in [-0.2, 0) is 9.53 Å². The lowest BCUT2D eigenvalue weighted by Gasteiger charge is -2.05. The summed E-state index contributed by atoms with van der Waals surface area (Å²) in [5, 5.41) is 12.0. The van der Waals surface area contributed by atoms with E-state index in [-0.39, 0.29) is 17.9 Å². The van der Waals surface area contributed by atoms with Crippen molar-refractivity contribution in [2.24, 2.45) is 4.99 Å². The zero-order valence-electron chi connectivity index (χ0n) is 11.6. The first-order valence-corrected chi connectivity index (χ1v) is 6.49. The molecule has 0 bridgehead atoms. The van der Waals surface area contributed by atoms with E-state index in [0.29, 0.717) is 10.7 Å². The number of amides is 2. The number of nitrogens with one attached hydrogen (secondary N) is 1. The van der Waals surface area contributed by atoms with Crippen molar-refractivity contribution in [3.8, 4) is 0 Å². The molecule has 112 valence electrons. The van der Waals surface area contributed by atoms with Crippen molar-refractivity contribution in [3.63, 3.8) is 0 Å². The molecule has 6 nitrogen and oxygen atoms in total. The molecule has 0 atom stereocenters. The number of aliphatic hydroxyl groups is 1. The third-order valence-corrected chi connectivity index (χ3v) is 2.55. The highest BCUT2D eigenvalue weighted by molar-refractivity contribution is 6.30. The maximum Gasteiger partial charge on any atom is 0.414 e. The van der Waals surface area contributed by atoms with Crippen LogP contribution >= 0.6 is 11.6 Å². The van der Waals surface area contributed by atoms with Gasteiger partial charge in [0.1, 0.15) is 5.76 Å². The number of carbonyl (C=O) groups is 2. The topological polar surface area (TPSA) is 88.0 Å². The van der Waals surface area contributed by atoms with E-state index < -0.39 is 12.0 Å². The van der Waals surface area contributed by atoms with Crippen molar-refractivity contribution in [1.82, 2.24) is 5.32 Å². The number of nitrogens with zero attached hydrogens (tertiary/aromatic N) is 1. The molecule has 1 rings (SSSR count). The SMILES string of the molecule is CCOC(=O)NC(=O)/C(C=Nc1ccc(Cl)cc1)=C(/C)O. The van der Waals surface area contributed by atoms with E-state index in [4.69, 9.17) is 11.6 Å². The molecular weight excluding hydrogens is 296 g/mol. The molecule has 0 heterocycles. The first-order valence-electron chi connectivity index (χ1n) is 6.11. The number of carbonyl (C=O) groups excluding carboxylic acids is 2. The molecule has 0 aliphatic heterocycles. The summed E-state index contributed by atoms with van der Waals surface area (Å²) in [6.07, 6.45) is 0.272. The van der Waals surface area contributed by atoms with Gasteiger partial charge in [-0.1, -0.05) is 11.6 Å². The predicted molar refractivity (Wildman–Crippen MR) is 80.1 cm³/mol. The Morgan fingerprint density at radius 1 is 1.38 bits per heavy atom. The van der Waals surface area contributed by atoms with Crippen LogP contribution in [0.4, 0.5) is 10.5 Å². The molecule has 0 fully saturated rings. The largest absolute Gasteiger partial charge is 0.512 e. The van der Waals surface area contributed by atoms with Gasteiger partial charge >= 0.3 is 6.09 Å². The summed E-state index contributed by atoms with van der Waals surface area (Å²) in [4.78, 5) is 27.0. The van der Waals surface area contributed by atoms with Gasteiger partial charge in [0.2, 0.25) is 0 Å². The molecule has 0 aliphatic rings. The lowest BCUT2D eigenvalue weighted by atomic mass is 10.2. The fraction of sp³-hybridized carbons (Fsp3) is 0.214. The van der Waals surface area contributed by atoms with E-state index in [0.717, 1.165) is 6.21 Å². The number of halogens is 1. The quantitative estimate of drug-likeness (QED) is 0.508. The summed E-state index contributed by atoms with van der Waals surface area (Å²) in [7, 11) is 0. The number of imide groups is 1. The smallest absolute Gasteiger partial charge is 0.414 e. The predicted octanol–water partition coefficient (Wildman–Crippen LogP) is 3.15. The molecule has 1 aromatic carbocycles. The number of hydrogen-bond acceptors (Lipinski definition) is 5. The molecule has 0 saturated heterocycles. The van der Waals surface area contributed by atoms with Crippen molar-refractivity contribution >= 4 is 35.5 Å². The molecule has 2 N–H and O–H groups in total. The minimum atomic E-state index is -0.888. The molecule has 2 amide bonds. The molecule has 0 unspecified atom stereocenters. The van der Waals surface area contributed by atoms with Crippen molar-refractivity contribution in [2.75, 3.05) is 6.61 Å². The van der Waals surface area contributed by atoms with Crippen LogP contribution < -0.4 is 5.32 Å². The van der Waals surface area contributed by atoms with Gasteiger partial charge in [0.25, 0.3) is 5.91 Å². The van der Waals surface area contributed by atoms with E-state index >= 15 is 0 Å². The van der Waals surface area contributed by atoms with Gasteiger partial charge in [-0.3, -0.25) is 15.1 Å². The summed E-state index contributed by atoms with van der Waals surface area (Å²) in [5.41, 5.74) is 0.403. The third kappa shape index (κ3) is 5.66.